The zero-order chi connectivity index (χ0) is 8.55. The van der Waals surface area contributed by atoms with Gasteiger partial charge in [0.2, 0.25) is 0 Å². The quantitative estimate of drug-likeness (QED) is 0.687. The molecule has 2 aromatic heterocycles. The third kappa shape index (κ3) is 1.18. The molecule has 0 aliphatic heterocycles. The molecule has 0 aliphatic carbocycles. The van der Waals surface area contributed by atoms with E-state index in [4.69, 9.17) is 0 Å². The molecule has 0 fully saturated rings. The lowest BCUT2D eigenvalue weighted by Crippen LogP contribution is -1.88. The Labute approximate surface area is 84.2 Å². The Morgan fingerprint density at radius 1 is 1.33 bits per heavy atom. The van der Waals surface area contributed by atoms with E-state index in [2.05, 4.69) is 32.6 Å². The molecule has 0 saturated heterocycles. The van der Waals surface area contributed by atoms with Gasteiger partial charge in [-0.1, -0.05) is 0 Å². The molecule has 2 rings (SSSR count). The second-order valence-corrected chi connectivity index (χ2v) is 3.75. The first-order valence-corrected chi connectivity index (χ1v) is 4.73. The summed E-state index contributed by atoms with van der Waals surface area (Å²) in [6, 6.07) is 3.99. The molecule has 2 aromatic rings. The third-order valence-corrected chi connectivity index (χ3v) is 2.58. The number of aromatic nitrogens is 2. The van der Waals surface area contributed by atoms with E-state index in [-0.39, 0.29) is 0 Å². The van der Waals surface area contributed by atoms with Crippen LogP contribution in [0.3, 0.4) is 0 Å². The predicted octanol–water partition coefficient (Wildman–Crippen LogP) is 2.54. The number of hydrogen-bond acceptors (Lipinski definition) is 2. The molecule has 0 aliphatic rings. The van der Waals surface area contributed by atoms with Crippen LogP contribution >= 0.6 is 22.6 Å². The van der Waals surface area contributed by atoms with Gasteiger partial charge in [0, 0.05) is 23.5 Å². The first-order chi connectivity index (χ1) is 5.79. The average molecular weight is 270 g/mol. The van der Waals surface area contributed by atoms with Crippen molar-refractivity contribution in [3.05, 3.63) is 33.8 Å². The van der Waals surface area contributed by atoms with Gasteiger partial charge in [-0.3, -0.25) is 9.97 Å². The Hall–Kier alpha value is -0.710. The lowest BCUT2D eigenvalue weighted by Gasteiger charge is -2.00. The number of nitrogens with zero attached hydrogens (tertiary/aromatic N) is 2. The molecule has 2 nitrogen and oxygen atoms in total. The smallest absolute Gasteiger partial charge is 0.0869 e. The number of rotatable bonds is 0. The Morgan fingerprint density at radius 3 is 2.92 bits per heavy atom. The largest absolute Gasteiger partial charge is 0.260 e. The molecule has 0 radical (unpaired) electrons. The van der Waals surface area contributed by atoms with Gasteiger partial charge in [-0.2, -0.15) is 0 Å². The molecule has 0 N–H and O–H groups in total. The highest BCUT2D eigenvalue weighted by molar-refractivity contribution is 14.1. The molecule has 60 valence electrons. The average Bonchev–Trinajstić information content (AvgIpc) is 2.12. The van der Waals surface area contributed by atoms with Crippen LogP contribution in [0.1, 0.15) is 5.69 Å². The lowest BCUT2D eigenvalue weighted by molar-refractivity contribution is 1.21. The predicted molar refractivity (Wildman–Crippen MR) is 57.0 cm³/mol. The summed E-state index contributed by atoms with van der Waals surface area (Å²) in [6.45, 7) is 2.00. The normalized spacial score (nSPS) is 10.5. The lowest BCUT2D eigenvalue weighted by atomic mass is 10.2. The fraction of sp³-hybridized carbons (Fsp3) is 0.111. The van der Waals surface area contributed by atoms with Gasteiger partial charge in [-0.25, -0.2) is 0 Å². The second-order valence-electron chi connectivity index (χ2n) is 2.59. The van der Waals surface area contributed by atoms with Gasteiger partial charge < -0.3 is 0 Å². The molecular formula is C9H7IN2. The van der Waals surface area contributed by atoms with Crippen molar-refractivity contribution in [1.29, 1.82) is 0 Å². The SMILES string of the molecule is Cc1ncc(I)c2ncccc12. The van der Waals surface area contributed by atoms with E-state index in [1.54, 1.807) is 0 Å². The maximum Gasteiger partial charge on any atom is 0.0869 e. The molecule has 2 heterocycles. The standard InChI is InChI=1S/C9H7IN2/c1-6-7-3-2-4-11-9(7)8(10)5-12-6/h2-5H,1H3. The maximum atomic E-state index is 4.29. The van der Waals surface area contributed by atoms with Crippen molar-refractivity contribution in [3.8, 4) is 0 Å². The number of aryl methyl sites for hydroxylation is 1. The highest BCUT2D eigenvalue weighted by Gasteiger charge is 2.01. The van der Waals surface area contributed by atoms with Crippen LogP contribution in [0.25, 0.3) is 10.9 Å². The summed E-state index contributed by atoms with van der Waals surface area (Å²) in [5.41, 5.74) is 2.09. The zero-order valence-corrected chi connectivity index (χ0v) is 8.74. The fourth-order valence-electron chi connectivity index (χ4n) is 1.17. The van der Waals surface area contributed by atoms with Crippen LogP contribution in [0.15, 0.2) is 24.5 Å². The zero-order valence-electron chi connectivity index (χ0n) is 6.58. The van der Waals surface area contributed by atoms with E-state index in [1.807, 2.05) is 31.5 Å². The van der Waals surface area contributed by atoms with Crippen LogP contribution in [0.4, 0.5) is 0 Å². The van der Waals surface area contributed by atoms with Gasteiger partial charge >= 0.3 is 0 Å². The molecule has 0 spiro atoms. The van der Waals surface area contributed by atoms with E-state index in [0.717, 1.165) is 20.2 Å². The van der Waals surface area contributed by atoms with E-state index in [0.29, 0.717) is 0 Å². The van der Waals surface area contributed by atoms with Gasteiger partial charge in [0.25, 0.3) is 0 Å². The number of fused-ring (bicyclic) bond motifs is 1. The monoisotopic (exact) mass is 270 g/mol. The summed E-state index contributed by atoms with van der Waals surface area (Å²) in [5.74, 6) is 0. The molecule has 12 heavy (non-hydrogen) atoms. The van der Waals surface area contributed by atoms with Crippen LogP contribution in [-0.4, -0.2) is 9.97 Å². The molecule has 0 amide bonds. The highest BCUT2D eigenvalue weighted by atomic mass is 127. The van der Waals surface area contributed by atoms with Crippen LogP contribution in [-0.2, 0) is 0 Å². The van der Waals surface area contributed by atoms with Crippen molar-refractivity contribution in [1.82, 2.24) is 9.97 Å². The molecule has 0 aromatic carbocycles. The minimum Gasteiger partial charge on any atom is -0.260 e. The van der Waals surface area contributed by atoms with Gasteiger partial charge in [-0.15, -0.1) is 0 Å². The molecule has 0 unspecified atom stereocenters. The summed E-state index contributed by atoms with van der Waals surface area (Å²) in [7, 11) is 0. The van der Waals surface area contributed by atoms with Gasteiger partial charge in [0.05, 0.1) is 9.09 Å². The molecular weight excluding hydrogens is 263 g/mol. The van der Waals surface area contributed by atoms with Crippen LogP contribution in [0.5, 0.6) is 0 Å². The van der Waals surface area contributed by atoms with E-state index >= 15 is 0 Å². The molecule has 0 atom stereocenters. The van der Waals surface area contributed by atoms with Crippen molar-refractivity contribution < 1.29 is 0 Å². The summed E-state index contributed by atoms with van der Waals surface area (Å²) in [5, 5.41) is 1.14. The minimum absolute atomic E-state index is 1.04. The van der Waals surface area contributed by atoms with Crippen LogP contribution in [0.2, 0.25) is 0 Å². The van der Waals surface area contributed by atoms with E-state index in [9.17, 15) is 0 Å². The molecule has 0 bridgehead atoms. The minimum atomic E-state index is 1.04. The Morgan fingerprint density at radius 2 is 2.17 bits per heavy atom. The van der Waals surface area contributed by atoms with E-state index < -0.39 is 0 Å². The van der Waals surface area contributed by atoms with Crippen molar-refractivity contribution in [2.75, 3.05) is 0 Å². The number of halogens is 1. The van der Waals surface area contributed by atoms with Crippen molar-refractivity contribution in [2.45, 2.75) is 6.92 Å². The summed E-state index contributed by atoms with van der Waals surface area (Å²) in [4.78, 5) is 8.55. The topological polar surface area (TPSA) is 25.8 Å². The van der Waals surface area contributed by atoms with Crippen molar-refractivity contribution in [2.24, 2.45) is 0 Å². The first-order valence-electron chi connectivity index (χ1n) is 3.65. The third-order valence-electron chi connectivity index (χ3n) is 1.80. The van der Waals surface area contributed by atoms with Crippen LogP contribution in [0, 0.1) is 10.5 Å². The number of hydrogen-bond donors (Lipinski definition) is 0. The summed E-state index contributed by atoms with van der Waals surface area (Å²) < 4.78 is 1.11. The van der Waals surface area contributed by atoms with Gasteiger partial charge in [0.1, 0.15) is 0 Å². The Balaban J connectivity index is 2.95. The second kappa shape index (κ2) is 2.97. The highest BCUT2D eigenvalue weighted by Crippen LogP contribution is 2.18. The Bertz CT molecular complexity index is 385. The fourth-order valence-corrected chi connectivity index (χ4v) is 1.74. The van der Waals surface area contributed by atoms with Crippen molar-refractivity contribution in [3.63, 3.8) is 0 Å². The summed E-state index contributed by atoms with van der Waals surface area (Å²) >= 11 is 2.25. The summed E-state index contributed by atoms with van der Waals surface area (Å²) in [6.07, 6.45) is 3.66. The van der Waals surface area contributed by atoms with Crippen molar-refractivity contribution >= 4 is 33.5 Å². The molecule has 0 saturated carbocycles. The van der Waals surface area contributed by atoms with Gasteiger partial charge in [0.15, 0.2) is 0 Å². The van der Waals surface area contributed by atoms with Crippen LogP contribution < -0.4 is 0 Å². The van der Waals surface area contributed by atoms with Gasteiger partial charge in [-0.05, 0) is 41.6 Å². The van der Waals surface area contributed by atoms with E-state index in [1.165, 1.54) is 0 Å². The first kappa shape index (κ1) is 7.91. The molecule has 3 heteroatoms. The Kier molecular flexibility index (Phi) is 1.96. The number of pyridine rings is 2. The maximum absolute atomic E-state index is 4.29.